The van der Waals surface area contributed by atoms with Crippen LogP contribution in [-0.2, 0) is 4.79 Å². The van der Waals surface area contributed by atoms with Crippen LogP contribution in [0.25, 0.3) is 10.9 Å². The summed E-state index contributed by atoms with van der Waals surface area (Å²) in [6.07, 6.45) is -2.75. The average Bonchev–Trinajstić information content (AvgIpc) is 2.83. The monoisotopic (exact) mass is 292 g/mol. The van der Waals surface area contributed by atoms with Crippen LogP contribution >= 0.6 is 0 Å². The van der Waals surface area contributed by atoms with Crippen molar-refractivity contribution in [2.75, 3.05) is 6.54 Å². The minimum absolute atomic E-state index is 0.107. The van der Waals surface area contributed by atoms with Gasteiger partial charge in [-0.2, -0.15) is 0 Å². The summed E-state index contributed by atoms with van der Waals surface area (Å²) in [4.78, 5) is 24.8. The van der Waals surface area contributed by atoms with Crippen LogP contribution in [0.2, 0.25) is 0 Å². The third-order valence-corrected chi connectivity index (χ3v) is 3.18. The maximum Gasteiger partial charge on any atom is 0.352 e. The number of para-hydroxylation sites is 1. The number of carbonyl (C=O) groups excluding carboxylic acids is 1. The van der Waals surface area contributed by atoms with Gasteiger partial charge in [-0.3, -0.25) is 4.79 Å². The van der Waals surface area contributed by atoms with Crippen LogP contribution in [0, 0.1) is 0 Å². The molecule has 1 aromatic heterocycles. The maximum absolute atomic E-state index is 11.3. The smallest absolute Gasteiger partial charge is 0.352 e. The Hall–Kier alpha value is -2.38. The van der Waals surface area contributed by atoms with Crippen LogP contribution in [0.4, 0.5) is 0 Å². The molecule has 21 heavy (non-hydrogen) atoms. The van der Waals surface area contributed by atoms with Gasteiger partial charge in [-0.05, 0) is 6.07 Å². The van der Waals surface area contributed by atoms with Crippen molar-refractivity contribution >= 4 is 22.8 Å². The van der Waals surface area contributed by atoms with Crippen molar-refractivity contribution in [2.45, 2.75) is 19.1 Å². The van der Waals surface area contributed by atoms with E-state index in [-0.39, 0.29) is 23.7 Å². The van der Waals surface area contributed by atoms with Crippen LogP contribution in [0.3, 0.4) is 0 Å². The summed E-state index contributed by atoms with van der Waals surface area (Å²) in [7, 11) is 0. The Bertz CT molecular complexity index is 679. The maximum atomic E-state index is 11.3. The lowest BCUT2D eigenvalue weighted by atomic mass is 10.0. The van der Waals surface area contributed by atoms with Crippen molar-refractivity contribution in [3.8, 4) is 0 Å². The average molecular weight is 292 g/mol. The molecule has 0 aliphatic heterocycles. The molecular weight excluding hydrogens is 276 g/mol. The summed E-state index contributed by atoms with van der Waals surface area (Å²) in [5.74, 6) is -1.58. The second-order valence-electron chi connectivity index (χ2n) is 4.71. The van der Waals surface area contributed by atoms with Crippen LogP contribution in [0.15, 0.2) is 24.3 Å². The largest absolute Gasteiger partial charge is 0.477 e. The number of hydrogen-bond donors (Lipinski definition) is 5. The fraction of sp³-hybridized carbons (Fsp3) is 0.286. The number of benzene rings is 1. The number of rotatable bonds is 5. The molecule has 2 atom stereocenters. The standard InChI is InChI=1S/C14H16N2O5/c1-7(17)15-6-10(18)13(19)11-8-4-2-3-5-9(8)16-12(11)14(20)21/h2-5,10,13,16,18-19H,6H2,1H3,(H,15,17)(H,20,21). The van der Waals surface area contributed by atoms with Gasteiger partial charge < -0.3 is 25.6 Å². The van der Waals surface area contributed by atoms with Gasteiger partial charge in [-0.25, -0.2) is 4.79 Å². The molecule has 2 rings (SSSR count). The number of aromatic carboxylic acids is 1. The molecule has 1 heterocycles. The zero-order chi connectivity index (χ0) is 15.6. The number of amides is 1. The van der Waals surface area contributed by atoms with E-state index in [4.69, 9.17) is 0 Å². The second kappa shape index (κ2) is 5.94. The summed E-state index contributed by atoms with van der Waals surface area (Å²) in [5, 5.41) is 32.3. The molecule has 1 amide bonds. The molecule has 2 unspecified atom stereocenters. The van der Waals surface area contributed by atoms with Gasteiger partial charge in [0, 0.05) is 29.9 Å². The predicted octanol–water partition coefficient (Wildman–Crippen LogP) is 0.396. The fourth-order valence-corrected chi connectivity index (χ4v) is 2.19. The quantitative estimate of drug-likeness (QED) is 0.546. The number of aliphatic hydroxyl groups excluding tert-OH is 2. The zero-order valence-electron chi connectivity index (χ0n) is 11.3. The number of carbonyl (C=O) groups is 2. The van der Waals surface area contributed by atoms with Crippen molar-refractivity contribution in [3.05, 3.63) is 35.5 Å². The Morgan fingerprint density at radius 3 is 2.57 bits per heavy atom. The normalized spacial score (nSPS) is 13.9. The first-order valence-electron chi connectivity index (χ1n) is 6.36. The topological polar surface area (TPSA) is 123 Å². The molecule has 7 heteroatoms. The number of H-pyrrole nitrogens is 1. The minimum atomic E-state index is -1.43. The molecule has 0 saturated carbocycles. The molecule has 0 saturated heterocycles. The highest BCUT2D eigenvalue weighted by atomic mass is 16.4. The Labute approximate surface area is 120 Å². The fourth-order valence-electron chi connectivity index (χ4n) is 2.19. The van der Waals surface area contributed by atoms with Gasteiger partial charge in [0.15, 0.2) is 0 Å². The summed E-state index contributed by atoms with van der Waals surface area (Å²) in [5.41, 5.74) is 0.484. The van der Waals surface area contributed by atoms with E-state index in [1.165, 1.54) is 6.92 Å². The third-order valence-electron chi connectivity index (χ3n) is 3.18. The first-order valence-corrected chi connectivity index (χ1v) is 6.36. The number of nitrogens with one attached hydrogen (secondary N) is 2. The molecule has 0 aliphatic carbocycles. The first kappa shape index (κ1) is 15.0. The minimum Gasteiger partial charge on any atom is -0.477 e. The summed E-state index contributed by atoms with van der Waals surface area (Å²) in [6, 6.07) is 6.77. The number of hydrogen-bond acceptors (Lipinski definition) is 4. The van der Waals surface area contributed by atoms with Crippen LogP contribution in [0.5, 0.6) is 0 Å². The number of carboxylic acids is 1. The van der Waals surface area contributed by atoms with Crippen LogP contribution < -0.4 is 5.32 Å². The van der Waals surface area contributed by atoms with Gasteiger partial charge >= 0.3 is 5.97 Å². The van der Waals surface area contributed by atoms with Crippen LogP contribution in [0.1, 0.15) is 29.1 Å². The van der Waals surface area contributed by atoms with Crippen LogP contribution in [-0.4, -0.2) is 44.8 Å². The molecule has 7 nitrogen and oxygen atoms in total. The molecule has 1 aromatic carbocycles. The van der Waals surface area contributed by atoms with Gasteiger partial charge in [0.2, 0.25) is 5.91 Å². The van der Waals surface area contributed by atoms with Crippen molar-refractivity contribution < 1.29 is 24.9 Å². The molecule has 5 N–H and O–H groups in total. The Kier molecular flexibility index (Phi) is 4.25. The predicted molar refractivity (Wildman–Crippen MR) is 74.9 cm³/mol. The van der Waals surface area contributed by atoms with E-state index < -0.39 is 18.2 Å². The number of aliphatic hydroxyl groups is 2. The van der Waals surface area contributed by atoms with Gasteiger partial charge in [-0.1, -0.05) is 18.2 Å². The summed E-state index contributed by atoms with van der Waals surface area (Å²) >= 11 is 0. The van der Waals surface area contributed by atoms with Crippen molar-refractivity contribution in [3.63, 3.8) is 0 Å². The highest BCUT2D eigenvalue weighted by molar-refractivity contribution is 5.97. The van der Waals surface area contributed by atoms with E-state index >= 15 is 0 Å². The highest BCUT2D eigenvalue weighted by Crippen LogP contribution is 2.30. The molecule has 0 fully saturated rings. The van der Waals surface area contributed by atoms with Gasteiger partial charge in [0.05, 0.1) is 0 Å². The summed E-state index contributed by atoms with van der Waals surface area (Å²) in [6.45, 7) is 1.11. The van der Waals surface area contributed by atoms with Crippen molar-refractivity contribution in [1.82, 2.24) is 10.3 Å². The van der Waals surface area contributed by atoms with Gasteiger partial charge in [0.25, 0.3) is 0 Å². The molecule has 2 aromatic rings. The zero-order valence-corrected chi connectivity index (χ0v) is 11.3. The van der Waals surface area contributed by atoms with E-state index in [1.54, 1.807) is 24.3 Å². The molecule has 0 bridgehead atoms. The number of carboxylic acid groups (broad SMARTS) is 1. The Balaban J connectivity index is 2.41. The van der Waals surface area contributed by atoms with E-state index in [2.05, 4.69) is 10.3 Å². The number of fused-ring (bicyclic) bond motifs is 1. The molecule has 0 spiro atoms. The van der Waals surface area contributed by atoms with E-state index in [9.17, 15) is 24.9 Å². The lowest BCUT2D eigenvalue weighted by molar-refractivity contribution is -0.119. The van der Waals surface area contributed by atoms with Gasteiger partial charge in [0.1, 0.15) is 17.9 Å². The first-order chi connectivity index (χ1) is 9.91. The van der Waals surface area contributed by atoms with E-state index in [0.29, 0.717) is 10.9 Å². The highest BCUT2D eigenvalue weighted by Gasteiger charge is 2.27. The second-order valence-corrected chi connectivity index (χ2v) is 4.71. The van der Waals surface area contributed by atoms with E-state index in [1.807, 2.05) is 0 Å². The molecule has 0 radical (unpaired) electrons. The third kappa shape index (κ3) is 3.04. The van der Waals surface area contributed by atoms with Gasteiger partial charge in [-0.15, -0.1) is 0 Å². The molecule has 112 valence electrons. The lowest BCUT2D eigenvalue weighted by Gasteiger charge is -2.18. The number of aromatic amines is 1. The molecule has 0 aliphatic rings. The van der Waals surface area contributed by atoms with Crippen molar-refractivity contribution in [2.24, 2.45) is 0 Å². The molecular formula is C14H16N2O5. The van der Waals surface area contributed by atoms with E-state index in [0.717, 1.165) is 0 Å². The number of aromatic nitrogens is 1. The Morgan fingerprint density at radius 2 is 1.95 bits per heavy atom. The lowest BCUT2D eigenvalue weighted by Crippen LogP contribution is -2.34. The van der Waals surface area contributed by atoms with Crippen molar-refractivity contribution in [1.29, 1.82) is 0 Å². The Morgan fingerprint density at radius 1 is 1.29 bits per heavy atom. The summed E-state index contributed by atoms with van der Waals surface area (Å²) < 4.78 is 0. The SMILES string of the molecule is CC(=O)NCC(O)C(O)c1c(C(=O)O)[nH]c2ccccc12.